The standard InChI is InChI=1S/C37H27ClIN3O5S/c1-3-46-36(44)31-32(25-7-5-4-6-8-25)41-37-42(33(31)26-13-15-27(38)16-14-26)35(43)30(48-37)19-24-17-28(39)34(29(18-24)45-2)47-21-23-11-9-22(20-40)10-12-23/h4-19,33H,3,21H2,1-2H3/b30-19-/t33-/m1/s1. The number of thiazole rings is 1. The van der Waals surface area contributed by atoms with Crippen LogP contribution in [0.2, 0.25) is 5.02 Å². The minimum atomic E-state index is -0.803. The first-order valence-electron chi connectivity index (χ1n) is 14.8. The number of methoxy groups -OCH3 is 1. The van der Waals surface area contributed by atoms with Gasteiger partial charge in [-0.3, -0.25) is 9.36 Å². The van der Waals surface area contributed by atoms with Gasteiger partial charge in [0.05, 0.1) is 50.8 Å². The summed E-state index contributed by atoms with van der Waals surface area (Å²) >= 11 is 9.65. The third-order valence-corrected chi connectivity index (χ3v) is 9.61. The molecular formula is C37H27ClIN3O5S. The summed E-state index contributed by atoms with van der Waals surface area (Å²) in [5.74, 6) is 0.519. The molecule has 0 amide bonds. The van der Waals surface area contributed by atoms with Crippen molar-refractivity contribution in [2.75, 3.05) is 13.7 Å². The highest BCUT2D eigenvalue weighted by atomic mass is 127. The van der Waals surface area contributed by atoms with E-state index >= 15 is 0 Å². The molecule has 0 bridgehead atoms. The molecule has 1 aromatic heterocycles. The molecule has 11 heteroatoms. The Kier molecular flexibility index (Phi) is 10.1. The second-order valence-corrected chi connectivity index (χ2v) is 13.2. The summed E-state index contributed by atoms with van der Waals surface area (Å²) in [5.41, 5.74) is 4.04. The van der Waals surface area contributed by atoms with E-state index in [1.165, 1.54) is 11.3 Å². The molecule has 0 radical (unpaired) electrons. The lowest BCUT2D eigenvalue weighted by molar-refractivity contribution is -0.138. The molecule has 0 unspecified atom stereocenters. The first kappa shape index (κ1) is 33.2. The van der Waals surface area contributed by atoms with Gasteiger partial charge in [0.15, 0.2) is 16.3 Å². The zero-order chi connectivity index (χ0) is 33.8. The fourth-order valence-electron chi connectivity index (χ4n) is 5.35. The van der Waals surface area contributed by atoms with Crippen molar-refractivity contribution < 1.29 is 19.0 Å². The third-order valence-electron chi connectivity index (χ3n) is 7.58. The van der Waals surface area contributed by atoms with Crippen molar-refractivity contribution in [3.8, 4) is 17.6 Å². The Morgan fingerprint density at radius 2 is 1.81 bits per heavy atom. The summed E-state index contributed by atoms with van der Waals surface area (Å²) in [4.78, 5) is 33.2. The molecule has 6 rings (SSSR count). The van der Waals surface area contributed by atoms with Crippen LogP contribution >= 0.6 is 45.5 Å². The van der Waals surface area contributed by atoms with E-state index in [2.05, 4.69) is 28.7 Å². The van der Waals surface area contributed by atoms with Crippen LogP contribution in [-0.4, -0.2) is 24.3 Å². The predicted octanol–water partition coefficient (Wildman–Crippen LogP) is 6.65. The minimum absolute atomic E-state index is 0.163. The number of hydrogen-bond acceptors (Lipinski definition) is 8. The average Bonchev–Trinajstić information content (AvgIpc) is 3.41. The number of rotatable bonds is 9. The van der Waals surface area contributed by atoms with Gasteiger partial charge < -0.3 is 14.2 Å². The topological polar surface area (TPSA) is 103 Å². The lowest BCUT2D eigenvalue weighted by atomic mass is 9.93. The van der Waals surface area contributed by atoms with Crippen molar-refractivity contribution in [1.29, 1.82) is 5.26 Å². The highest BCUT2D eigenvalue weighted by molar-refractivity contribution is 14.1. The molecule has 0 aliphatic carbocycles. The number of aromatic nitrogens is 1. The van der Waals surface area contributed by atoms with Crippen LogP contribution in [0, 0.1) is 14.9 Å². The van der Waals surface area contributed by atoms with E-state index in [1.807, 2.05) is 54.6 Å². The highest BCUT2D eigenvalue weighted by Gasteiger charge is 2.35. The highest BCUT2D eigenvalue weighted by Crippen LogP contribution is 2.37. The molecule has 1 aliphatic heterocycles. The van der Waals surface area contributed by atoms with Crippen molar-refractivity contribution in [2.45, 2.75) is 19.6 Å². The molecule has 5 aromatic rings. The Labute approximate surface area is 299 Å². The second-order valence-electron chi connectivity index (χ2n) is 10.6. The maximum absolute atomic E-state index is 14.3. The van der Waals surface area contributed by atoms with E-state index in [9.17, 15) is 9.59 Å². The van der Waals surface area contributed by atoms with Crippen LogP contribution in [0.25, 0.3) is 11.8 Å². The number of carbonyl (C=O) groups excluding carboxylic acids is 1. The quantitative estimate of drug-likeness (QED) is 0.123. The first-order valence-corrected chi connectivity index (χ1v) is 17.1. The van der Waals surface area contributed by atoms with Crippen molar-refractivity contribution >= 4 is 63.3 Å². The molecule has 0 saturated heterocycles. The number of nitriles is 1. The van der Waals surface area contributed by atoms with Crippen LogP contribution in [0.5, 0.6) is 11.5 Å². The van der Waals surface area contributed by atoms with Crippen LogP contribution in [0.1, 0.15) is 40.8 Å². The third kappa shape index (κ3) is 6.80. The summed E-state index contributed by atoms with van der Waals surface area (Å²) in [6.07, 6.45) is 1.79. The van der Waals surface area contributed by atoms with Crippen LogP contribution < -0.4 is 24.4 Å². The van der Waals surface area contributed by atoms with Crippen molar-refractivity contribution in [2.24, 2.45) is 4.99 Å². The molecule has 240 valence electrons. The molecule has 1 atom stereocenters. The number of ether oxygens (including phenoxy) is 3. The molecule has 0 N–H and O–H groups in total. The van der Waals surface area contributed by atoms with Gasteiger partial charge in [0.1, 0.15) is 6.61 Å². The maximum atomic E-state index is 14.3. The summed E-state index contributed by atoms with van der Waals surface area (Å²) in [6.45, 7) is 2.19. The SMILES string of the molecule is CCOC(=O)C1=C(c2ccccc2)N=c2s/c(=C\c3cc(I)c(OCc4ccc(C#N)cc4)c(OC)c3)c(=O)n2[C@@H]1c1ccc(Cl)cc1. The van der Waals surface area contributed by atoms with Crippen LogP contribution in [-0.2, 0) is 16.1 Å². The molecular weight excluding hydrogens is 761 g/mol. The number of hydrogen-bond donors (Lipinski definition) is 0. The Hall–Kier alpha value is -4.70. The largest absolute Gasteiger partial charge is 0.493 e. The number of halogens is 2. The molecule has 2 heterocycles. The van der Waals surface area contributed by atoms with Gasteiger partial charge in [-0.05, 0) is 88.7 Å². The normalized spacial score (nSPS) is 14.1. The summed E-state index contributed by atoms with van der Waals surface area (Å²) in [5, 5.41) is 9.60. The van der Waals surface area contributed by atoms with Crippen LogP contribution in [0.4, 0.5) is 0 Å². The van der Waals surface area contributed by atoms with Gasteiger partial charge in [-0.2, -0.15) is 5.26 Å². The summed E-state index contributed by atoms with van der Waals surface area (Å²) in [7, 11) is 1.56. The fraction of sp³-hybridized carbons (Fsp3) is 0.135. The minimum Gasteiger partial charge on any atom is -0.493 e. The monoisotopic (exact) mass is 787 g/mol. The molecule has 4 aromatic carbocycles. The van der Waals surface area contributed by atoms with E-state index in [-0.39, 0.29) is 24.3 Å². The molecule has 48 heavy (non-hydrogen) atoms. The lowest BCUT2D eigenvalue weighted by Gasteiger charge is -2.25. The molecule has 0 spiro atoms. The number of carbonyl (C=O) groups is 1. The average molecular weight is 788 g/mol. The predicted molar refractivity (Wildman–Crippen MR) is 194 cm³/mol. The van der Waals surface area contributed by atoms with E-state index in [4.69, 9.17) is 36.1 Å². The van der Waals surface area contributed by atoms with Crippen LogP contribution in [0.15, 0.2) is 106 Å². The fourth-order valence-corrected chi connectivity index (χ4v) is 7.25. The summed E-state index contributed by atoms with van der Waals surface area (Å²) in [6, 6.07) is 28.7. The van der Waals surface area contributed by atoms with E-state index in [0.29, 0.717) is 42.7 Å². The Balaban J connectivity index is 1.47. The van der Waals surface area contributed by atoms with Crippen LogP contribution in [0.3, 0.4) is 0 Å². The van der Waals surface area contributed by atoms with Gasteiger partial charge in [-0.1, -0.05) is 77.5 Å². The van der Waals surface area contributed by atoms with Gasteiger partial charge in [0, 0.05) is 10.6 Å². The van der Waals surface area contributed by atoms with Crippen molar-refractivity contribution in [3.63, 3.8) is 0 Å². The number of benzene rings is 4. The Morgan fingerprint density at radius 1 is 1.08 bits per heavy atom. The molecule has 1 aliphatic rings. The van der Waals surface area contributed by atoms with Gasteiger partial charge in [-0.15, -0.1) is 0 Å². The lowest BCUT2D eigenvalue weighted by Crippen LogP contribution is -2.40. The first-order chi connectivity index (χ1) is 23.3. The zero-order valence-electron chi connectivity index (χ0n) is 25.8. The van der Waals surface area contributed by atoms with Gasteiger partial charge >= 0.3 is 5.97 Å². The smallest absolute Gasteiger partial charge is 0.338 e. The van der Waals surface area contributed by atoms with Gasteiger partial charge in [0.2, 0.25) is 0 Å². The molecule has 8 nitrogen and oxygen atoms in total. The molecule has 0 fully saturated rings. The Morgan fingerprint density at radius 3 is 2.48 bits per heavy atom. The van der Waals surface area contributed by atoms with Gasteiger partial charge in [-0.25, -0.2) is 9.79 Å². The number of fused-ring (bicyclic) bond motifs is 1. The maximum Gasteiger partial charge on any atom is 0.338 e. The van der Waals surface area contributed by atoms with Crippen molar-refractivity contribution in [3.05, 3.63) is 153 Å². The van der Waals surface area contributed by atoms with E-state index in [1.54, 1.807) is 61.1 Å². The van der Waals surface area contributed by atoms with Gasteiger partial charge in [0.25, 0.3) is 5.56 Å². The van der Waals surface area contributed by atoms with E-state index < -0.39 is 12.0 Å². The summed E-state index contributed by atoms with van der Waals surface area (Å²) < 4.78 is 20.1. The molecule has 0 saturated carbocycles. The number of nitrogens with zero attached hydrogens (tertiary/aromatic N) is 3. The number of esters is 1. The van der Waals surface area contributed by atoms with Crippen molar-refractivity contribution in [1.82, 2.24) is 4.57 Å². The zero-order valence-corrected chi connectivity index (χ0v) is 29.5. The second kappa shape index (κ2) is 14.6. The van der Waals surface area contributed by atoms with E-state index in [0.717, 1.165) is 20.3 Å². The Bertz CT molecular complexity index is 2260.